The number of hydrogen-bond acceptors (Lipinski definition) is 3. The lowest BCUT2D eigenvalue weighted by Gasteiger charge is -2.45. The number of para-hydroxylation sites is 1. The minimum atomic E-state index is -1.01. The van der Waals surface area contributed by atoms with Crippen molar-refractivity contribution in [2.45, 2.75) is 58.0 Å². The summed E-state index contributed by atoms with van der Waals surface area (Å²) < 4.78 is 16.6. The Morgan fingerprint density at radius 1 is 1.19 bits per heavy atom. The summed E-state index contributed by atoms with van der Waals surface area (Å²) in [5.41, 5.74) is 3.52. The number of imidazole rings is 1. The second kappa shape index (κ2) is 7.46. The molecular formula is C24H27FN4O3. The van der Waals surface area contributed by atoms with E-state index in [9.17, 15) is 19.1 Å². The average molecular weight is 439 g/mol. The first-order valence-corrected chi connectivity index (χ1v) is 11.1. The highest BCUT2D eigenvalue weighted by molar-refractivity contribution is 6.09. The fourth-order valence-electron chi connectivity index (χ4n) is 5.20. The van der Waals surface area contributed by atoms with Crippen LogP contribution >= 0.6 is 0 Å². The summed E-state index contributed by atoms with van der Waals surface area (Å²) >= 11 is 0. The summed E-state index contributed by atoms with van der Waals surface area (Å²) in [6, 6.07) is 7.57. The smallest absolute Gasteiger partial charge is 0.407 e. The summed E-state index contributed by atoms with van der Waals surface area (Å²) in [5, 5.41) is 9.32. The zero-order valence-electron chi connectivity index (χ0n) is 18.4. The lowest BCUT2D eigenvalue weighted by atomic mass is 9.75. The molecule has 168 valence electrons. The Morgan fingerprint density at radius 2 is 1.91 bits per heavy atom. The molecule has 1 spiro atoms. The molecule has 1 saturated heterocycles. The third-order valence-corrected chi connectivity index (χ3v) is 7.01. The summed E-state index contributed by atoms with van der Waals surface area (Å²) in [6.45, 7) is 4.20. The van der Waals surface area contributed by atoms with E-state index in [-0.39, 0.29) is 37.9 Å². The first-order chi connectivity index (χ1) is 15.3. The van der Waals surface area contributed by atoms with Gasteiger partial charge in [0, 0.05) is 24.5 Å². The number of aromatic nitrogens is 2. The number of allylic oxidation sites excluding steroid dienone is 2. The van der Waals surface area contributed by atoms with E-state index in [4.69, 9.17) is 4.98 Å². The van der Waals surface area contributed by atoms with Crippen LogP contribution in [0.1, 0.15) is 49.5 Å². The van der Waals surface area contributed by atoms with Crippen molar-refractivity contribution in [3.05, 3.63) is 58.4 Å². The Hall–Kier alpha value is -3.16. The van der Waals surface area contributed by atoms with Crippen LogP contribution in [0.3, 0.4) is 0 Å². The third-order valence-electron chi connectivity index (χ3n) is 7.01. The molecule has 2 aromatic rings. The molecular weight excluding hydrogens is 411 g/mol. The predicted molar refractivity (Wildman–Crippen MR) is 117 cm³/mol. The fraction of sp³-hybridized carbons (Fsp3) is 0.458. The van der Waals surface area contributed by atoms with Crippen molar-refractivity contribution in [2.24, 2.45) is 0 Å². The van der Waals surface area contributed by atoms with Gasteiger partial charge in [0.15, 0.2) is 0 Å². The number of carboxylic acid groups (broad SMARTS) is 1. The molecule has 0 unspecified atom stereocenters. The van der Waals surface area contributed by atoms with Crippen LogP contribution in [0, 0.1) is 0 Å². The molecule has 0 atom stereocenters. The maximum absolute atomic E-state index is 14.7. The number of hydrogen-bond donors (Lipinski definition) is 1. The Labute approximate surface area is 186 Å². The van der Waals surface area contributed by atoms with Gasteiger partial charge in [-0.2, -0.15) is 0 Å². The largest absolute Gasteiger partial charge is 0.465 e. The monoisotopic (exact) mass is 438 g/mol. The van der Waals surface area contributed by atoms with Gasteiger partial charge in [-0.3, -0.25) is 4.79 Å². The standard InChI is InChI=1S/C24H27FN4O3/c1-15(2)17(25)11-28-20-10-6-4-8-18(20)26-21(28)12-29-19-9-5-3-7-16(19)24(22(29)30)13-27(14-24)23(31)32/h3,5,7,9H,4,6,8,10-14H2,1-2H3,(H,31,32). The van der Waals surface area contributed by atoms with Gasteiger partial charge >= 0.3 is 6.09 Å². The van der Waals surface area contributed by atoms with Crippen molar-refractivity contribution in [1.82, 2.24) is 14.5 Å². The molecule has 8 heteroatoms. The number of nitrogens with zero attached hydrogens (tertiary/aromatic N) is 4. The summed E-state index contributed by atoms with van der Waals surface area (Å²) in [5.74, 6) is 0.395. The van der Waals surface area contributed by atoms with E-state index in [2.05, 4.69) is 0 Å². The van der Waals surface area contributed by atoms with Crippen LogP contribution in [-0.4, -0.2) is 44.6 Å². The lowest BCUT2D eigenvalue weighted by molar-refractivity contribution is -0.128. The molecule has 1 fully saturated rings. The first kappa shape index (κ1) is 20.7. The zero-order chi connectivity index (χ0) is 22.6. The van der Waals surface area contributed by atoms with Gasteiger partial charge in [0.1, 0.15) is 17.1 Å². The molecule has 2 amide bonds. The molecule has 5 rings (SSSR count). The van der Waals surface area contributed by atoms with Gasteiger partial charge in [-0.1, -0.05) is 18.2 Å². The molecule has 7 nitrogen and oxygen atoms in total. The Bertz CT molecular complexity index is 1140. The molecule has 1 N–H and O–H groups in total. The molecule has 0 radical (unpaired) electrons. The maximum Gasteiger partial charge on any atom is 0.407 e. The molecule has 3 heterocycles. The number of halogens is 1. The van der Waals surface area contributed by atoms with E-state index in [1.165, 1.54) is 4.90 Å². The maximum atomic E-state index is 14.7. The van der Waals surface area contributed by atoms with Crippen LogP contribution in [-0.2, 0) is 36.1 Å². The molecule has 1 aromatic carbocycles. The van der Waals surface area contributed by atoms with Crippen LogP contribution in [0.4, 0.5) is 14.9 Å². The summed E-state index contributed by atoms with van der Waals surface area (Å²) in [4.78, 5) is 32.8. The van der Waals surface area contributed by atoms with Gasteiger partial charge in [0.2, 0.25) is 5.91 Å². The number of fused-ring (bicyclic) bond motifs is 3. The van der Waals surface area contributed by atoms with Gasteiger partial charge < -0.3 is 19.5 Å². The van der Waals surface area contributed by atoms with E-state index in [0.717, 1.165) is 48.3 Å². The Morgan fingerprint density at radius 3 is 2.62 bits per heavy atom. The average Bonchev–Trinajstić information content (AvgIpc) is 3.20. The number of carbonyl (C=O) groups is 2. The zero-order valence-corrected chi connectivity index (χ0v) is 18.4. The second-order valence-corrected chi connectivity index (χ2v) is 9.25. The molecule has 0 bridgehead atoms. The summed E-state index contributed by atoms with van der Waals surface area (Å²) in [7, 11) is 0. The second-order valence-electron chi connectivity index (χ2n) is 9.25. The van der Waals surface area contributed by atoms with Crippen molar-refractivity contribution in [2.75, 3.05) is 18.0 Å². The number of anilines is 1. The number of rotatable bonds is 4. The number of likely N-dealkylation sites (tertiary alicyclic amines) is 1. The Kier molecular flexibility index (Phi) is 4.83. The van der Waals surface area contributed by atoms with Crippen molar-refractivity contribution < 1.29 is 19.1 Å². The highest BCUT2D eigenvalue weighted by Gasteiger charge is 2.59. The van der Waals surface area contributed by atoms with Crippen LogP contribution in [0.15, 0.2) is 35.7 Å². The fourth-order valence-corrected chi connectivity index (χ4v) is 5.20. The van der Waals surface area contributed by atoms with Crippen molar-refractivity contribution in [1.29, 1.82) is 0 Å². The van der Waals surface area contributed by atoms with Crippen LogP contribution in [0.5, 0.6) is 0 Å². The van der Waals surface area contributed by atoms with E-state index in [1.54, 1.807) is 18.7 Å². The van der Waals surface area contributed by atoms with Crippen LogP contribution in [0.25, 0.3) is 0 Å². The molecule has 0 saturated carbocycles. The predicted octanol–water partition coefficient (Wildman–Crippen LogP) is 3.80. The molecule has 32 heavy (non-hydrogen) atoms. The minimum absolute atomic E-state index is 0.105. The van der Waals surface area contributed by atoms with Crippen molar-refractivity contribution in [3.63, 3.8) is 0 Å². The number of benzene rings is 1. The van der Waals surface area contributed by atoms with E-state index in [1.807, 2.05) is 28.8 Å². The first-order valence-electron chi connectivity index (χ1n) is 11.1. The minimum Gasteiger partial charge on any atom is -0.465 e. The molecule has 2 aliphatic heterocycles. The topological polar surface area (TPSA) is 78.7 Å². The van der Waals surface area contributed by atoms with E-state index >= 15 is 0 Å². The molecule has 3 aliphatic rings. The van der Waals surface area contributed by atoms with Crippen molar-refractivity contribution in [3.8, 4) is 0 Å². The van der Waals surface area contributed by atoms with Crippen molar-refractivity contribution >= 4 is 17.7 Å². The highest BCUT2D eigenvalue weighted by atomic mass is 19.1. The van der Waals surface area contributed by atoms with E-state index < -0.39 is 11.5 Å². The SMILES string of the molecule is CC(C)=C(F)Cn1c(CN2C(=O)C3(CN(C(=O)O)C3)c3ccccc32)nc2c1CCCC2. The molecule has 1 aliphatic carbocycles. The lowest BCUT2D eigenvalue weighted by Crippen LogP contribution is -2.65. The Balaban J connectivity index is 1.52. The number of amides is 2. The van der Waals surface area contributed by atoms with Gasteiger partial charge in [0.25, 0.3) is 0 Å². The van der Waals surface area contributed by atoms with Gasteiger partial charge in [-0.25, -0.2) is 14.2 Å². The van der Waals surface area contributed by atoms with Gasteiger partial charge in [-0.15, -0.1) is 0 Å². The normalized spacial score (nSPS) is 18.4. The number of aryl methyl sites for hydroxylation is 1. The quantitative estimate of drug-likeness (QED) is 0.788. The van der Waals surface area contributed by atoms with Crippen LogP contribution < -0.4 is 4.90 Å². The molecule has 1 aromatic heterocycles. The van der Waals surface area contributed by atoms with Crippen LogP contribution in [0.2, 0.25) is 0 Å². The van der Waals surface area contributed by atoms with E-state index in [0.29, 0.717) is 11.4 Å². The van der Waals surface area contributed by atoms with Gasteiger partial charge in [0.05, 0.1) is 18.8 Å². The summed E-state index contributed by atoms with van der Waals surface area (Å²) in [6.07, 6.45) is 2.83. The van der Waals surface area contributed by atoms with Gasteiger partial charge in [-0.05, 0) is 56.7 Å². The third kappa shape index (κ3) is 3.04. The number of carbonyl (C=O) groups excluding carboxylic acids is 1. The highest BCUT2D eigenvalue weighted by Crippen LogP contribution is 2.47.